The van der Waals surface area contributed by atoms with Gasteiger partial charge in [0.25, 0.3) is 0 Å². The van der Waals surface area contributed by atoms with E-state index in [9.17, 15) is 18.7 Å². The Morgan fingerprint density at radius 1 is 1.50 bits per heavy atom. The molecular formula is C14H17F2NO2S. The van der Waals surface area contributed by atoms with Crippen LogP contribution in [0.1, 0.15) is 20.3 Å². The molecular weight excluding hydrogens is 284 g/mol. The normalized spacial score (nSPS) is 24.1. The van der Waals surface area contributed by atoms with Gasteiger partial charge < -0.3 is 10.4 Å². The molecule has 6 heteroatoms. The van der Waals surface area contributed by atoms with Crippen molar-refractivity contribution >= 4 is 17.7 Å². The van der Waals surface area contributed by atoms with Crippen LogP contribution in [0.2, 0.25) is 0 Å². The number of carbonyl (C=O) groups excluding carboxylic acids is 1. The Labute approximate surface area is 120 Å². The van der Waals surface area contributed by atoms with Crippen LogP contribution in [-0.4, -0.2) is 28.9 Å². The molecule has 0 aliphatic heterocycles. The summed E-state index contributed by atoms with van der Waals surface area (Å²) in [6.45, 7) is 3.78. The van der Waals surface area contributed by atoms with Crippen LogP contribution in [0.15, 0.2) is 23.1 Å². The van der Waals surface area contributed by atoms with E-state index < -0.39 is 17.7 Å². The van der Waals surface area contributed by atoms with Gasteiger partial charge in [-0.05, 0) is 18.6 Å². The predicted molar refractivity (Wildman–Crippen MR) is 73.4 cm³/mol. The van der Waals surface area contributed by atoms with Gasteiger partial charge >= 0.3 is 0 Å². The molecule has 0 heterocycles. The van der Waals surface area contributed by atoms with Crippen molar-refractivity contribution in [2.75, 3.05) is 5.75 Å². The largest absolute Gasteiger partial charge is 0.392 e. The fourth-order valence-corrected chi connectivity index (χ4v) is 2.85. The molecule has 0 saturated heterocycles. The molecule has 0 aromatic heterocycles. The maximum atomic E-state index is 13.4. The molecule has 1 fully saturated rings. The van der Waals surface area contributed by atoms with Crippen LogP contribution in [0, 0.1) is 17.0 Å². The van der Waals surface area contributed by atoms with E-state index in [1.54, 1.807) is 0 Å². The lowest BCUT2D eigenvalue weighted by Gasteiger charge is -2.49. The van der Waals surface area contributed by atoms with E-state index >= 15 is 0 Å². The van der Waals surface area contributed by atoms with E-state index in [4.69, 9.17) is 0 Å². The molecule has 2 N–H and O–H groups in total. The van der Waals surface area contributed by atoms with Crippen LogP contribution >= 0.6 is 11.8 Å². The summed E-state index contributed by atoms with van der Waals surface area (Å²) in [5, 5.41) is 12.4. The summed E-state index contributed by atoms with van der Waals surface area (Å²) in [6.07, 6.45) is 0.129. The Morgan fingerprint density at radius 3 is 2.75 bits per heavy atom. The minimum atomic E-state index is -0.665. The topological polar surface area (TPSA) is 49.3 Å². The Hall–Kier alpha value is -1.14. The SMILES string of the molecule is CC1(C)C(O)CC1NC(=O)CSc1ccc(F)cc1F. The first kappa shape index (κ1) is 15.3. The first-order valence-corrected chi connectivity index (χ1v) is 7.34. The molecule has 0 spiro atoms. The monoisotopic (exact) mass is 301 g/mol. The number of carbonyl (C=O) groups is 1. The zero-order valence-electron chi connectivity index (χ0n) is 11.3. The zero-order chi connectivity index (χ0) is 14.9. The number of aliphatic hydroxyl groups is 1. The summed E-state index contributed by atoms with van der Waals surface area (Å²) in [6, 6.07) is 3.21. The average molecular weight is 301 g/mol. The highest BCUT2D eigenvalue weighted by atomic mass is 32.2. The first-order valence-electron chi connectivity index (χ1n) is 6.36. The molecule has 2 atom stereocenters. The van der Waals surface area contributed by atoms with Gasteiger partial charge in [-0.1, -0.05) is 13.8 Å². The van der Waals surface area contributed by atoms with Crippen molar-refractivity contribution in [1.82, 2.24) is 5.32 Å². The summed E-state index contributed by atoms with van der Waals surface area (Å²) in [5.74, 6) is -1.46. The number of hydrogen-bond donors (Lipinski definition) is 2. The standard InChI is InChI=1S/C14H17F2NO2S/c1-14(2)11(6-12(14)18)17-13(19)7-20-10-4-3-8(15)5-9(10)16/h3-5,11-12,18H,6-7H2,1-2H3,(H,17,19). The van der Waals surface area contributed by atoms with Crippen molar-refractivity contribution in [1.29, 1.82) is 0 Å². The number of thioether (sulfide) groups is 1. The second kappa shape index (κ2) is 5.69. The highest BCUT2D eigenvalue weighted by molar-refractivity contribution is 8.00. The Kier molecular flexibility index (Phi) is 4.34. The zero-order valence-corrected chi connectivity index (χ0v) is 12.1. The third-order valence-electron chi connectivity index (χ3n) is 3.80. The van der Waals surface area contributed by atoms with Crippen LogP contribution in [-0.2, 0) is 4.79 Å². The number of nitrogens with one attached hydrogen (secondary N) is 1. The maximum absolute atomic E-state index is 13.4. The van der Waals surface area contributed by atoms with Gasteiger partial charge in [0, 0.05) is 22.4 Å². The lowest BCUT2D eigenvalue weighted by molar-refractivity contribution is -0.126. The van der Waals surface area contributed by atoms with Crippen LogP contribution in [0.5, 0.6) is 0 Å². The molecule has 1 aliphatic carbocycles. The van der Waals surface area contributed by atoms with E-state index in [-0.39, 0.29) is 28.0 Å². The van der Waals surface area contributed by atoms with Gasteiger partial charge in [-0.3, -0.25) is 4.79 Å². The third kappa shape index (κ3) is 3.12. The highest BCUT2D eigenvalue weighted by Crippen LogP contribution is 2.40. The van der Waals surface area contributed by atoms with Crippen LogP contribution in [0.3, 0.4) is 0 Å². The van der Waals surface area contributed by atoms with Crippen molar-refractivity contribution in [3.8, 4) is 0 Å². The molecule has 1 aromatic rings. The van der Waals surface area contributed by atoms with Crippen molar-refractivity contribution in [3.63, 3.8) is 0 Å². The number of aliphatic hydroxyl groups excluding tert-OH is 1. The van der Waals surface area contributed by atoms with Gasteiger partial charge in [0.15, 0.2) is 0 Å². The van der Waals surface area contributed by atoms with Crippen molar-refractivity contribution < 1.29 is 18.7 Å². The van der Waals surface area contributed by atoms with E-state index in [1.807, 2.05) is 13.8 Å². The highest BCUT2D eigenvalue weighted by Gasteiger charge is 2.47. The first-order chi connectivity index (χ1) is 9.30. The lowest BCUT2D eigenvalue weighted by atomic mass is 9.64. The number of rotatable bonds is 4. The van der Waals surface area contributed by atoms with Crippen LogP contribution in [0.4, 0.5) is 8.78 Å². The van der Waals surface area contributed by atoms with Crippen molar-refractivity contribution in [2.45, 2.75) is 37.3 Å². The van der Waals surface area contributed by atoms with Gasteiger partial charge in [-0.15, -0.1) is 11.8 Å². The molecule has 20 heavy (non-hydrogen) atoms. The average Bonchev–Trinajstić information content (AvgIpc) is 2.37. The lowest BCUT2D eigenvalue weighted by Crippen LogP contribution is -2.61. The molecule has 3 nitrogen and oxygen atoms in total. The Morgan fingerprint density at radius 2 is 2.20 bits per heavy atom. The summed E-state index contributed by atoms with van der Waals surface area (Å²) in [5.41, 5.74) is -0.332. The minimum Gasteiger partial charge on any atom is -0.392 e. The predicted octanol–water partition coefficient (Wildman–Crippen LogP) is 2.33. The van der Waals surface area contributed by atoms with Gasteiger partial charge in [0.05, 0.1) is 11.9 Å². The molecule has 2 rings (SSSR count). The summed E-state index contributed by atoms with van der Waals surface area (Å²) < 4.78 is 26.1. The minimum absolute atomic E-state index is 0.0607. The fourth-order valence-electron chi connectivity index (χ4n) is 2.12. The van der Waals surface area contributed by atoms with Gasteiger partial charge in [-0.2, -0.15) is 0 Å². The van der Waals surface area contributed by atoms with Gasteiger partial charge in [0.2, 0.25) is 5.91 Å². The summed E-state index contributed by atoms with van der Waals surface area (Å²) in [7, 11) is 0. The smallest absolute Gasteiger partial charge is 0.230 e. The molecule has 110 valence electrons. The van der Waals surface area contributed by atoms with Crippen molar-refractivity contribution in [3.05, 3.63) is 29.8 Å². The number of halogens is 2. The third-order valence-corrected chi connectivity index (χ3v) is 4.85. The molecule has 1 aromatic carbocycles. The second-order valence-corrected chi connectivity index (χ2v) is 6.57. The molecule has 2 unspecified atom stereocenters. The molecule has 1 amide bonds. The van der Waals surface area contributed by atoms with E-state index in [0.29, 0.717) is 6.42 Å². The van der Waals surface area contributed by atoms with Crippen LogP contribution < -0.4 is 5.32 Å². The van der Waals surface area contributed by atoms with E-state index in [0.717, 1.165) is 23.9 Å². The van der Waals surface area contributed by atoms with Crippen LogP contribution in [0.25, 0.3) is 0 Å². The molecule has 1 aliphatic rings. The van der Waals surface area contributed by atoms with E-state index in [2.05, 4.69) is 5.32 Å². The second-order valence-electron chi connectivity index (χ2n) is 5.56. The fraction of sp³-hybridized carbons (Fsp3) is 0.500. The van der Waals surface area contributed by atoms with Crippen molar-refractivity contribution in [2.24, 2.45) is 5.41 Å². The van der Waals surface area contributed by atoms with Gasteiger partial charge in [-0.25, -0.2) is 8.78 Å². The summed E-state index contributed by atoms with van der Waals surface area (Å²) in [4.78, 5) is 12.0. The molecule has 0 radical (unpaired) electrons. The Balaban J connectivity index is 1.84. The maximum Gasteiger partial charge on any atom is 0.230 e. The number of amides is 1. The Bertz CT molecular complexity index is 522. The summed E-state index contributed by atoms with van der Waals surface area (Å²) >= 11 is 1.03. The number of benzene rings is 1. The molecule has 0 bridgehead atoms. The quantitative estimate of drug-likeness (QED) is 0.839. The van der Waals surface area contributed by atoms with E-state index in [1.165, 1.54) is 6.07 Å². The van der Waals surface area contributed by atoms with Gasteiger partial charge in [0.1, 0.15) is 11.6 Å². The number of hydrogen-bond acceptors (Lipinski definition) is 3. The molecule has 1 saturated carbocycles.